The summed E-state index contributed by atoms with van der Waals surface area (Å²) in [6.07, 6.45) is -1.13. The highest BCUT2D eigenvalue weighted by Crippen LogP contribution is 2.24. The summed E-state index contributed by atoms with van der Waals surface area (Å²) in [4.78, 5) is 47.3. The lowest BCUT2D eigenvalue weighted by atomic mass is 9.97. The molecule has 3 aromatic rings. The molecule has 1 aromatic heterocycles. The highest BCUT2D eigenvalue weighted by Gasteiger charge is 2.44. The van der Waals surface area contributed by atoms with E-state index in [2.05, 4.69) is 10.3 Å². The first-order valence-corrected chi connectivity index (χ1v) is 18.2. The van der Waals surface area contributed by atoms with Gasteiger partial charge in [-0.25, -0.2) is 18.2 Å². The molecule has 48 heavy (non-hydrogen) atoms. The molecule has 3 atom stereocenters. The molecule has 0 spiro atoms. The van der Waals surface area contributed by atoms with Gasteiger partial charge >= 0.3 is 6.03 Å². The number of thiazole rings is 1. The van der Waals surface area contributed by atoms with Gasteiger partial charge < -0.3 is 20.1 Å². The van der Waals surface area contributed by atoms with Crippen molar-refractivity contribution >= 4 is 39.2 Å². The van der Waals surface area contributed by atoms with Crippen molar-refractivity contribution in [3.63, 3.8) is 0 Å². The molecule has 0 bridgehead atoms. The molecule has 0 saturated carbocycles. The number of methoxy groups -OCH3 is 1. The fourth-order valence-electron chi connectivity index (χ4n) is 5.71. The zero-order valence-electron chi connectivity index (χ0n) is 28.2. The minimum absolute atomic E-state index is 0.00857. The Morgan fingerprint density at radius 1 is 1.06 bits per heavy atom. The van der Waals surface area contributed by atoms with Crippen molar-refractivity contribution in [2.24, 2.45) is 11.8 Å². The zero-order valence-corrected chi connectivity index (χ0v) is 29.8. The Morgan fingerprint density at radius 3 is 2.29 bits per heavy atom. The second-order valence-electron chi connectivity index (χ2n) is 12.7. The normalized spacial score (nSPS) is 15.8. The standard InChI is InChI=1S/C34H45N5O7S2/c1-22(2)17-37(48(44,45)28-14-12-27(46-6)13-15-28)19-30(40)29(16-25-10-8-7-9-11-25)36-33(42)32(23(3)4)39-20-31(41)38(34(39)43)18-26-21-47-24(5)35-26/h7-15,21-23,29-30,32,40H,16-20H2,1-6H3,(H,36,42)/t29-,30-,32-/m0/s1. The van der Waals surface area contributed by atoms with Crippen molar-refractivity contribution in [2.75, 3.05) is 26.7 Å². The van der Waals surface area contributed by atoms with E-state index >= 15 is 0 Å². The third-order valence-electron chi connectivity index (χ3n) is 8.05. The lowest BCUT2D eigenvalue weighted by Gasteiger charge is -2.34. The molecule has 260 valence electrons. The third kappa shape index (κ3) is 8.98. The van der Waals surface area contributed by atoms with Crippen molar-refractivity contribution in [1.29, 1.82) is 0 Å². The van der Waals surface area contributed by atoms with E-state index < -0.39 is 46.1 Å². The molecule has 2 heterocycles. The van der Waals surface area contributed by atoms with E-state index in [4.69, 9.17) is 4.74 Å². The van der Waals surface area contributed by atoms with Crippen LogP contribution < -0.4 is 10.1 Å². The lowest BCUT2D eigenvalue weighted by molar-refractivity contribution is -0.129. The number of nitrogens with zero attached hydrogens (tertiary/aromatic N) is 4. The predicted octanol–water partition coefficient (Wildman–Crippen LogP) is 3.68. The van der Waals surface area contributed by atoms with Crippen LogP contribution in [0.2, 0.25) is 0 Å². The van der Waals surface area contributed by atoms with Gasteiger partial charge in [-0.2, -0.15) is 4.31 Å². The molecular formula is C34H45N5O7S2. The molecule has 12 nitrogen and oxygen atoms in total. The van der Waals surface area contributed by atoms with Gasteiger partial charge in [-0.3, -0.25) is 14.5 Å². The maximum absolute atomic E-state index is 14.0. The summed E-state index contributed by atoms with van der Waals surface area (Å²) in [6, 6.07) is 12.7. The molecular weight excluding hydrogens is 655 g/mol. The summed E-state index contributed by atoms with van der Waals surface area (Å²) in [7, 11) is -2.54. The van der Waals surface area contributed by atoms with E-state index in [1.54, 1.807) is 31.4 Å². The maximum atomic E-state index is 14.0. The van der Waals surface area contributed by atoms with E-state index in [-0.39, 0.29) is 49.3 Å². The summed E-state index contributed by atoms with van der Waals surface area (Å²) in [5, 5.41) is 17.2. The van der Waals surface area contributed by atoms with Gasteiger partial charge in [0.15, 0.2) is 0 Å². The molecule has 1 aliphatic rings. The van der Waals surface area contributed by atoms with Crippen LogP contribution in [0.3, 0.4) is 0 Å². The highest BCUT2D eigenvalue weighted by atomic mass is 32.2. The van der Waals surface area contributed by atoms with Gasteiger partial charge in [-0.05, 0) is 55.0 Å². The number of hydrogen-bond acceptors (Lipinski definition) is 9. The summed E-state index contributed by atoms with van der Waals surface area (Å²) >= 11 is 1.42. The smallest absolute Gasteiger partial charge is 0.328 e. The number of benzene rings is 2. The quantitative estimate of drug-likeness (QED) is 0.215. The summed E-state index contributed by atoms with van der Waals surface area (Å²) in [5.41, 5.74) is 1.40. The molecule has 1 saturated heterocycles. The predicted molar refractivity (Wildman–Crippen MR) is 183 cm³/mol. The van der Waals surface area contributed by atoms with E-state index in [0.29, 0.717) is 11.4 Å². The number of amides is 4. The number of hydrogen-bond donors (Lipinski definition) is 2. The number of nitrogens with one attached hydrogen (secondary N) is 1. The van der Waals surface area contributed by atoms with Crippen LogP contribution in [0.15, 0.2) is 64.9 Å². The molecule has 0 aliphatic carbocycles. The molecule has 1 fully saturated rings. The summed E-state index contributed by atoms with van der Waals surface area (Å²) < 4.78 is 34.0. The first kappa shape index (κ1) is 37.0. The molecule has 0 radical (unpaired) electrons. The van der Waals surface area contributed by atoms with Crippen LogP contribution in [0.1, 0.15) is 44.0 Å². The zero-order chi connectivity index (χ0) is 35.2. The number of ether oxygens (including phenoxy) is 1. The summed E-state index contributed by atoms with van der Waals surface area (Å²) in [6.45, 7) is 8.74. The monoisotopic (exact) mass is 699 g/mol. The molecule has 4 rings (SSSR count). The van der Waals surface area contributed by atoms with Gasteiger partial charge in [-0.1, -0.05) is 58.0 Å². The lowest BCUT2D eigenvalue weighted by Crippen LogP contribution is -2.57. The Bertz CT molecular complexity index is 1660. The Morgan fingerprint density at radius 2 is 1.73 bits per heavy atom. The van der Waals surface area contributed by atoms with Crippen LogP contribution in [0.4, 0.5) is 4.79 Å². The molecule has 0 unspecified atom stereocenters. The Kier molecular flexibility index (Phi) is 12.4. The summed E-state index contributed by atoms with van der Waals surface area (Å²) in [5.74, 6) is -0.920. The average Bonchev–Trinajstić information content (AvgIpc) is 3.57. The maximum Gasteiger partial charge on any atom is 0.328 e. The number of carbonyl (C=O) groups excluding carboxylic acids is 3. The van der Waals surface area contributed by atoms with Gasteiger partial charge in [-0.15, -0.1) is 11.3 Å². The number of aliphatic hydroxyl groups excluding tert-OH is 1. The van der Waals surface area contributed by atoms with Crippen molar-refractivity contribution in [3.05, 3.63) is 76.2 Å². The van der Waals surface area contributed by atoms with E-state index in [1.807, 2.05) is 51.1 Å². The number of aliphatic hydroxyl groups is 1. The molecule has 1 aliphatic heterocycles. The largest absolute Gasteiger partial charge is 0.497 e. The number of sulfonamides is 1. The van der Waals surface area contributed by atoms with Crippen molar-refractivity contribution in [2.45, 2.75) is 70.7 Å². The number of rotatable bonds is 16. The SMILES string of the molecule is COc1ccc(S(=O)(=O)N(CC(C)C)C[C@H](O)[C@H](Cc2ccccc2)NC(=O)[C@H](C(C)C)N2CC(=O)N(Cc3csc(C)n3)C2=O)cc1. The molecule has 2 aromatic carbocycles. The first-order chi connectivity index (χ1) is 22.7. The van der Waals surface area contributed by atoms with E-state index in [0.717, 1.165) is 15.5 Å². The van der Waals surface area contributed by atoms with Crippen LogP contribution in [0.25, 0.3) is 0 Å². The fourth-order valence-corrected chi connectivity index (χ4v) is 7.94. The van der Waals surface area contributed by atoms with Gasteiger partial charge in [0.2, 0.25) is 15.9 Å². The Labute approximate surface area is 286 Å². The average molecular weight is 700 g/mol. The van der Waals surface area contributed by atoms with E-state index in [1.165, 1.54) is 39.8 Å². The number of aryl methyl sites for hydroxylation is 1. The number of aromatic nitrogens is 1. The number of urea groups is 1. The van der Waals surface area contributed by atoms with Gasteiger partial charge in [0, 0.05) is 18.5 Å². The Balaban J connectivity index is 1.59. The van der Waals surface area contributed by atoms with Crippen LogP contribution >= 0.6 is 11.3 Å². The van der Waals surface area contributed by atoms with Crippen molar-refractivity contribution in [3.8, 4) is 5.75 Å². The van der Waals surface area contributed by atoms with Crippen LogP contribution in [0, 0.1) is 18.8 Å². The van der Waals surface area contributed by atoms with Crippen LogP contribution in [-0.4, -0.2) is 95.4 Å². The highest BCUT2D eigenvalue weighted by molar-refractivity contribution is 7.89. The number of carbonyl (C=O) groups is 3. The van der Waals surface area contributed by atoms with Crippen molar-refractivity contribution < 1.29 is 32.6 Å². The van der Waals surface area contributed by atoms with Gasteiger partial charge in [0.1, 0.15) is 18.3 Å². The Hall–Kier alpha value is -3.85. The minimum Gasteiger partial charge on any atom is -0.497 e. The molecule has 14 heteroatoms. The molecule has 4 amide bonds. The van der Waals surface area contributed by atoms with E-state index in [9.17, 15) is 27.9 Å². The molecule has 2 N–H and O–H groups in total. The van der Waals surface area contributed by atoms with Gasteiger partial charge in [0.05, 0.1) is 41.4 Å². The minimum atomic E-state index is -4.03. The third-order valence-corrected chi connectivity index (χ3v) is 10.7. The second-order valence-corrected chi connectivity index (χ2v) is 15.7. The second kappa shape index (κ2) is 16.0. The van der Waals surface area contributed by atoms with Crippen LogP contribution in [0.5, 0.6) is 5.75 Å². The fraction of sp³-hybridized carbons (Fsp3) is 0.471. The topological polar surface area (TPSA) is 149 Å². The first-order valence-electron chi connectivity index (χ1n) is 15.9. The number of imide groups is 1. The van der Waals surface area contributed by atoms with Crippen LogP contribution in [-0.2, 0) is 32.6 Å². The van der Waals surface area contributed by atoms with Crippen molar-refractivity contribution in [1.82, 2.24) is 24.4 Å². The van der Waals surface area contributed by atoms with Gasteiger partial charge in [0.25, 0.3) is 5.91 Å².